The lowest BCUT2D eigenvalue weighted by Crippen LogP contribution is -2.42. The molecule has 5 nitrogen and oxygen atoms in total. The van der Waals surface area contributed by atoms with Gasteiger partial charge in [0.25, 0.3) is 0 Å². The van der Waals surface area contributed by atoms with E-state index in [9.17, 15) is 9.59 Å². The van der Waals surface area contributed by atoms with E-state index in [1.165, 1.54) is 6.92 Å². The number of rotatable bonds is 2. The summed E-state index contributed by atoms with van der Waals surface area (Å²) in [6, 6.07) is 0. The molecule has 2 unspecified atom stereocenters. The molecular formula is C7H11NO4. The minimum atomic E-state index is -0.947. The molecule has 1 rings (SSSR count). The van der Waals surface area contributed by atoms with E-state index in [4.69, 9.17) is 5.11 Å². The van der Waals surface area contributed by atoms with Crippen molar-refractivity contribution in [1.82, 2.24) is 5.48 Å². The van der Waals surface area contributed by atoms with Crippen molar-refractivity contribution in [3.63, 3.8) is 0 Å². The molecule has 68 valence electrons. The van der Waals surface area contributed by atoms with Gasteiger partial charge in [-0.2, -0.15) is 0 Å². The Morgan fingerprint density at radius 3 is 3.00 bits per heavy atom. The number of hydrogen-bond acceptors (Lipinski definition) is 3. The number of carboxylic acid groups (broad SMARTS) is 1. The van der Waals surface area contributed by atoms with Crippen LogP contribution in [0.1, 0.15) is 13.3 Å². The summed E-state index contributed by atoms with van der Waals surface area (Å²) in [5, 5.41) is 8.63. The van der Waals surface area contributed by atoms with Crippen LogP contribution in [-0.4, -0.2) is 23.6 Å². The molecule has 2 N–H and O–H groups in total. The molecule has 0 aromatic heterocycles. The quantitative estimate of drug-likeness (QED) is 0.605. The van der Waals surface area contributed by atoms with Crippen LogP contribution in [0.4, 0.5) is 0 Å². The zero-order chi connectivity index (χ0) is 9.14. The van der Waals surface area contributed by atoms with Gasteiger partial charge in [0.2, 0.25) is 5.91 Å². The molecule has 0 radical (unpaired) electrons. The van der Waals surface area contributed by atoms with Crippen LogP contribution >= 0.6 is 0 Å². The highest BCUT2D eigenvalue weighted by atomic mass is 16.7. The molecule has 0 aliphatic carbocycles. The van der Waals surface area contributed by atoms with Crippen molar-refractivity contribution in [2.24, 2.45) is 11.8 Å². The van der Waals surface area contributed by atoms with Crippen molar-refractivity contribution in [1.29, 1.82) is 0 Å². The maximum absolute atomic E-state index is 11.0. The van der Waals surface area contributed by atoms with E-state index in [0.717, 1.165) is 0 Å². The minimum absolute atomic E-state index is 0.337. The molecule has 0 aromatic carbocycles. The summed E-state index contributed by atoms with van der Waals surface area (Å²) in [7, 11) is 0. The van der Waals surface area contributed by atoms with E-state index >= 15 is 0 Å². The zero-order valence-electron chi connectivity index (χ0n) is 6.74. The van der Waals surface area contributed by atoms with Crippen LogP contribution in [0.2, 0.25) is 0 Å². The predicted octanol–water partition coefficient (Wildman–Crippen LogP) is -0.225. The molecule has 1 aliphatic rings. The largest absolute Gasteiger partial charge is 0.481 e. The number of nitrogens with one attached hydrogen (secondary N) is 1. The Hall–Kier alpha value is -1.10. The number of carbonyl (C=O) groups is 2. The molecule has 0 aromatic rings. The third-order valence-electron chi connectivity index (χ3n) is 2.03. The van der Waals surface area contributed by atoms with Crippen molar-refractivity contribution in [2.45, 2.75) is 13.3 Å². The van der Waals surface area contributed by atoms with Crippen LogP contribution in [0.5, 0.6) is 0 Å². The lowest BCUT2D eigenvalue weighted by atomic mass is 9.90. The van der Waals surface area contributed by atoms with Gasteiger partial charge in [-0.3, -0.25) is 14.4 Å². The van der Waals surface area contributed by atoms with Gasteiger partial charge in [0.1, 0.15) is 0 Å². The van der Waals surface area contributed by atoms with Crippen molar-refractivity contribution in [3.05, 3.63) is 0 Å². The van der Waals surface area contributed by atoms with Gasteiger partial charge in [-0.25, -0.2) is 5.48 Å². The Bertz CT molecular complexity index is 204. The molecule has 1 amide bonds. The Labute approximate surface area is 69.7 Å². The topological polar surface area (TPSA) is 75.6 Å². The zero-order valence-corrected chi connectivity index (χ0v) is 6.74. The number of carbonyl (C=O) groups excluding carboxylic acids is 1. The summed E-state index contributed by atoms with van der Waals surface area (Å²) < 4.78 is 0. The highest BCUT2D eigenvalue weighted by Crippen LogP contribution is 2.18. The molecule has 1 saturated heterocycles. The fraction of sp³-hybridized carbons (Fsp3) is 0.714. The van der Waals surface area contributed by atoms with E-state index in [0.29, 0.717) is 13.0 Å². The van der Waals surface area contributed by atoms with Gasteiger partial charge in [-0.15, -0.1) is 0 Å². The maximum Gasteiger partial charge on any atom is 0.307 e. The Kier molecular flexibility index (Phi) is 2.65. The monoisotopic (exact) mass is 173 g/mol. The molecule has 1 fully saturated rings. The summed E-state index contributed by atoms with van der Waals surface area (Å²) in [6.45, 7) is 1.91. The van der Waals surface area contributed by atoms with E-state index in [1.54, 1.807) is 0 Å². The van der Waals surface area contributed by atoms with Gasteiger partial charge in [-0.1, -0.05) is 6.92 Å². The average Bonchev–Trinajstić information content (AvgIpc) is 2.04. The molecule has 12 heavy (non-hydrogen) atoms. The molecular weight excluding hydrogens is 162 g/mol. The first kappa shape index (κ1) is 8.99. The summed E-state index contributed by atoms with van der Waals surface area (Å²) in [4.78, 5) is 26.2. The molecule has 0 spiro atoms. The molecule has 2 atom stereocenters. The van der Waals surface area contributed by atoms with Crippen LogP contribution in [0, 0.1) is 11.8 Å². The van der Waals surface area contributed by atoms with Gasteiger partial charge in [-0.05, 0) is 6.42 Å². The third-order valence-corrected chi connectivity index (χ3v) is 2.03. The van der Waals surface area contributed by atoms with Crippen LogP contribution in [0.3, 0.4) is 0 Å². The number of hydrogen-bond donors (Lipinski definition) is 2. The standard InChI is InChI=1S/C7H11NO4/c1-4(7(10)11)5-2-3-12-8-6(5)9/h4-5H,2-3H2,1H3,(H,8,9)(H,10,11). The SMILES string of the molecule is CC(C(=O)O)C1CCONC1=O. The van der Waals surface area contributed by atoms with Crippen LogP contribution in [0.15, 0.2) is 0 Å². The summed E-state index contributed by atoms with van der Waals surface area (Å²) in [6.07, 6.45) is 0.472. The summed E-state index contributed by atoms with van der Waals surface area (Å²) in [5.41, 5.74) is 2.17. The van der Waals surface area contributed by atoms with Gasteiger partial charge in [0.05, 0.1) is 18.4 Å². The molecule has 1 heterocycles. The summed E-state index contributed by atoms with van der Waals surface area (Å²) >= 11 is 0. The second kappa shape index (κ2) is 3.53. The van der Waals surface area contributed by atoms with Gasteiger partial charge < -0.3 is 5.11 Å². The van der Waals surface area contributed by atoms with Crippen molar-refractivity contribution in [3.8, 4) is 0 Å². The first-order valence-electron chi connectivity index (χ1n) is 3.77. The highest BCUT2D eigenvalue weighted by Gasteiger charge is 2.32. The average molecular weight is 173 g/mol. The lowest BCUT2D eigenvalue weighted by molar-refractivity contribution is -0.156. The first-order valence-corrected chi connectivity index (χ1v) is 3.77. The third kappa shape index (κ3) is 1.73. The van der Waals surface area contributed by atoms with Gasteiger partial charge in [0, 0.05) is 0 Å². The second-order valence-electron chi connectivity index (χ2n) is 2.84. The molecule has 0 bridgehead atoms. The lowest BCUT2D eigenvalue weighted by Gasteiger charge is -2.23. The highest BCUT2D eigenvalue weighted by molar-refractivity contribution is 5.84. The number of aliphatic carboxylic acids is 1. The molecule has 0 saturated carbocycles. The first-order chi connectivity index (χ1) is 5.63. The Balaban J connectivity index is 2.59. The number of carboxylic acids is 1. The van der Waals surface area contributed by atoms with E-state index in [-0.39, 0.29) is 5.91 Å². The van der Waals surface area contributed by atoms with Crippen LogP contribution < -0.4 is 5.48 Å². The van der Waals surface area contributed by atoms with Crippen molar-refractivity contribution < 1.29 is 19.5 Å². The predicted molar refractivity (Wildman–Crippen MR) is 39.0 cm³/mol. The van der Waals surface area contributed by atoms with E-state index in [1.807, 2.05) is 0 Å². The normalized spacial score (nSPS) is 26.1. The smallest absolute Gasteiger partial charge is 0.307 e. The van der Waals surface area contributed by atoms with Gasteiger partial charge >= 0.3 is 5.97 Å². The van der Waals surface area contributed by atoms with Crippen molar-refractivity contribution >= 4 is 11.9 Å². The van der Waals surface area contributed by atoms with Crippen LogP contribution in [-0.2, 0) is 14.4 Å². The van der Waals surface area contributed by atoms with Gasteiger partial charge in [0.15, 0.2) is 0 Å². The van der Waals surface area contributed by atoms with E-state index < -0.39 is 17.8 Å². The second-order valence-corrected chi connectivity index (χ2v) is 2.84. The fourth-order valence-electron chi connectivity index (χ4n) is 1.16. The minimum Gasteiger partial charge on any atom is -0.481 e. The van der Waals surface area contributed by atoms with Crippen LogP contribution in [0.25, 0.3) is 0 Å². The summed E-state index contributed by atoms with van der Waals surface area (Å²) in [5.74, 6) is -2.39. The molecule has 5 heteroatoms. The Morgan fingerprint density at radius 2 is 2.50 bits per heavy atom. The van der Waals surface area contributed by atoms with E-state index in [2.05, 4.69) is 10.3 Å². The number of amides is 1. The van der Waals surface area contributed by atoms with Crippen molar-refractivity contribution in [2.75, 3.05) is 6.61 Å². The fourth-order valence-corrected chi connectivity index (χ4v) is 1.16. The molecule has 1 aliphatic heterocycles. The Morgan fingerprint density at radius 1 is 1.83 bits per heavy atom. The maximum atomic E-state index is 11.0. The number of hydroxylamine groups is 1.